The molecule has 0 fully saturated rings. The summed E-state index contributed by atoms with van der Waals surface area (Å²) in [5, 5.41) is 2.23. The molecule has 0 saturated carbocycles. The summed E-state index contributed by atoms with van der Waals surface area (Å²) in [6.45, 7) is 2.80. The fourth-order valence-electron chi connectivity index (χ4n) is 2.06. The average molecular weight is 379 g/mol. The second-order valence-electron chi connectivity index (χ2n) is 5.63. The lowest BCUT2D eigenvalue weighted by Crippen LogP contribution is -2.35. The Hall–Kier alpha value is -3.16. The van der Waals surface area contributed by atoms with Gasteiger partial charge in [0.25, 0.3) is 5.91 Å². The second-order valence-corrected chi connectivity index (χ2v) is 5.63. The summed E-state index contributed by atoms with van der Waals surface area (Å²) in [4.78, 5) is 24.1. The van der Waals surface area contributed by atoms with Crippen molar-refractivity contribution in [2.24, 2.45) is 0 Å². The van der Waals surface area contributed by atoms with Gasteiger partial charge in [0, 0.05) is 6.07 Å². The predicted molar refractivity (Wildman–Crippen MR) is 93.6 cm³/mol. The zero-order valence-corrected chi connectivity index (χ0v) is 15.0. The first-order chi connectivity index (χ1) is 12.8. The van der Waals surface area contributed by atoms with E-state index >= 15 is 0 Å². The highest BCUT2D eigenvalue weighted by Crippen LogP contribution is 2.19. The fourth-order valence-corrected chi connectivity index (χ4v) is 2.06. The number of amides is 1. The monoisotopic (exact) mass is 379 g/mol. The van der Waals surface area contributed by atoms with Gasteiger partial charge in [0.15, 0.2) is 12.2 Å². The second kappa shape index (κ2) is 8.98. The lowest BCUT2D eigenvalue weighted by Gasteiger charge is -2.18. The highest BCUT2D eigenvalue weighted by atomic mass is 19.1. The smallest absolute Gasteiger partial charge is 0.347 e. The van der Waals surface area contributed by atoms with E-state index in [-0.39, 0.29) is 5.69 Å². The number of halogens is 2. The molecule has 27 heavy (non-hydrogen) atoms. The molecule has 2 rings (SSSR count). The molecule has 2 unspecified atom stereocenters. The molecule has 0 aliphatic heterocycles. The largest absolute Gasteiger partial charge is 0.497 e. The van der Waals surface area contributed by atoms with Crippen molar-refractivity contribution in [3.05, 3.63) is 54.1 Å². The maximum Gasteiger partial charge on any atom is 0.347 e. The highest BCUT2D eigenvalue weighted by Gasteiger charge is 2.24. The van der Waals surface area contributed by atoms with Crippen LogP contribution in [0.4, 0.5) is 14.5 Å². The van der Waals surface area contributed by atoms with Gasteiger partial charge in [-0.15, -0.1) is 0 Å². The van der Waals surface area contributed by atoms with Gasteiger partial charge >= 0.3 is 5.97 Å². The third-order valence-corrected chi connectivity index (χ3v) is 3.56. The molecule has 0 aromatic heterocycles. The molecule has 0 spiro atoms. The van der Waals surface area contributed by atoms with Crippen LogP contribution in [0.1, 0.15) is 13.8 Å². The Morgan fingerprint density at radius 3 is 2.19 bits per heavy atom. The normalized spacial score (nSPS) is 12.6. The van der Waals surface area contributed by atoms with Crippen LogP contribution < -0.4 is 14.8 Å². The first-order valence-electron chi connectivity index (χ1n) is 8.07. The van der Waals surface area contributed by atoms with Gasteiger partial charge in [0.2, 0.25) is 0 Å². The van der Waals surface area contributed by atoms with E-state index in [4.69, 9.17) is 14.2 Å². The molecule has 1 amide bonds. The van der Waals surface area contributed by atoms with Crippen molar-refractivity contribution >= 4 is 17.6 Å². The molecule has 0 bridgehead atoms. The number of methoxy groups -OCH3 is 1. The minimum Gasteiger partial charge on any atom is -0.497 e. The lowest BCUT2D eigenvalue weighted by molar-refractivity contribution is -0.159. The number of nitrogens with one attached hydrogen (secondary N) is 1. The molecule has 0 radical (unpaired) electrons. The summed E-state index contributed by atoms with van der Waals surface area (Å²) in [5.74, 6) is -2.17. The Morgan fingerprint density at radius 1 is 0.963 bits per heavy atom. The summed E-state index contributed by atoms with van der Waals surface area (Å²) in [5.41, 5.74) is -0.216. The molecule has 2 atom stereocenters. The minimum absolute atomic E-state index is 0.216. The molecule has 0 heterocycles. The van der Waals surface area contributed by atoms with Crippen LogP contribution in [-0.2, 0) is 14.3 Å². The van der Waals surface area contributed by atoms with E-state index in [1.54, 1.807) is 24.3 Å². The minimum atomic E-state index is -1.20. The number of hydrogen-bond donors (Lipinski definition) is 1. The van der Waals surface area contributed by atoms with E-state index in [1.807, 2.05) is 0 Å². The van der Waals surface area contributed by atoms with Crippen molar-refractivity contribution in [1.29, 1.82) is 0 Å². The quantitative estimate of drug-likeness (QED) is 0.747. The maximum atomic E-state index is 13.6. The van der Waals surface area contributed by atoms with E-state index in [0.29, 0.717) is 17.6 Å². The Labute approximate surface area is 155 Å². The summed E-state index contributed by atoms with van der Waals surface area (Å²) >= 11 is 0. The highest BCUT2D eigenvalue weighted by molar-refractivity contribution is 5.95. The van der Waals surface area contributed by atoms with Gasteiger partial charge in [-0.2, -0.15) is 0 Å². The number of carbonyl (C=O) groups is 2. The molecule has 144 valence electrons. The number of rotatable bonds is 7. The van der Waals surface area contributed by atoms with Crippen molar-refractivity contribution in [1.82, 2.24) is 0 Å². The lowest BCUT2D eigenvalue weighted by atomic mass is 10.2. The summed E-state index contributed by atoms with van der Waals surface area (Å²) < 4.78 is 42.0. The third-order valence-electron chi connectivity index (χ3n) is 3.56. The van der Waals surface area contributed by atoms with Crippen LogP contribution in [0.5, 0.6) is 11.5 Å². The van der Waals surface area contributed by atoms with Crippen molar-refractivity contribution in [3.8, 4) is 11.5 Å². The number of esters is 1. The standard InChI is InChI=1S/C19H19F2NO5/c1-11(18(23)22-17-9-4-13(20)10-16(17)21)27-19(24)12(2)26-15-7-5-14(25-3)6-8-15/h4-12H,1-3H3,(H,22,23). The SMILES string of the molecule is COc1ccc(OC(C)C(=O)OC(C)C(=O)Nc2ccc(F)cc2F)cc1. The van der Waals surface area contributed by atoms with Crippen LogP contribution >= 0.6 is 0 Å². The molecule has 8 heteroatoms. The fraction of sp³-hybridized carbons (Fsp3) is 0.263. The van der Waals surface area contributed by atoms with E-state index in [0.717, 1.165) is 12.1 Å². The van der Waals surface area contributed by atoms with Crippen LogP contribution in [0.25, 0.3) is 0 Å². The number of carbonyl (C=O) groups excluding carboxylic acids is 2. The van der Waals surface area contributed by atoms with Gasteiger partial charge in [0.05, 0.1) is 12.8 Å². The number of ether oxygens (including phenoxy) is 3. The van der Waals surface area contributed by atoms with Gasteiger partial charge in [0.1, 0.15) is 23.1 Å². The molecular weight excluding hydrogens is 360 g/mol. The van der Waals surface area contributed by atoms with Gasteiger partial charge < -0.3 is 19.5 Å². The number of anilines is 1. The summed E-state index contributed by atoms with van der Waals surface area (Å²) in [7, 11) is 1.53. The Balaban J connectivity index is 1.89. The Kier molecular flexibility index (Phi) is 6.70. The first-order valence-corrected chi connectivity index (χ1v) is 8.07. The molecule has 6 nitrogen and oxygen atoms in total. The van der Waals surface area contributed by atoms with Gasteiger partial charge in [-0.05, 0) is 50.2 Å². The summed E-state index contributed by atoms with van der Waals surface area (Å²) in [6, 6.07) is 9.29. The molecule has 1 N–H and O–H groups in total. The van der Waals surface area contributed by atoms with Gasteiger partial charge in [-0.3, -0.25) is 4.79 Å². The zero-order valence-electron chi connectivity index (χ0n) is 15.0. The van der Waals surface area contributed by atoms with Crippen LogP contribution in [0, 0.1) is 11.6 Å². The predicted octanol–water partition coefficient (Wildman–Crippen LogP) is 3.31. The van der Waals surface area contributed by atoms with Crippen molar-refractivity contribution in [3.63, 3.8) is 0 Å². The van der Waals surface area contributed by atoms with Crippen LogP contribution in [0.2, 0.25) is 0 Å². The van der Waals surface area contributed by atoms with Gasteiger partial charge in [-0.1, -0.05) is 0 Å². The van der Waals surface area contributed by atoms with Crippen LogP contribution in [0.3, 0.4) is 0 Å². The average Bonchev–Trinajstić information content (AvgIpc) is 2.64. The van der Waals surface area contributed by atoms with Crippen LogP contribution in [0.15, 0.2) is 42.5 Å². The molecule has 0 aliphatic carbocycles. The topological polar surface area (TPSA) is 73.9 Å². The van der Waals surface area contributed by atoms with Gasteiger partial charge in [-0.25, -0.2) is 13.6 Å². The van der Waals surface area contributed by atoms with E-state index in [2.05, 4.69) is 5.32 Å². The Bertz CT molecular complexity index is 810. The Morgan fingerprint density at radius 2 is 1.59 bits per heavy atom. The zero-order chi connectivity index (χ0) is 20.0. The van der Waals surface area contributed by atoms with E-state index < -0.39 is 35.7 Å². The first kappa shape index (κ1) is 20.2. The van der Waals surface area contributed by atoms with Crippen LogP contribution in [-0.4, -0.2) is 31.2 Å². The molecular formula is C19H19F2NO5. The molecule has 0 saturated heterocycles. The van der Waals surface area contributed by atoms with Crippen molar-refractivity contribution in [2.75, 3.05) is 12.4 Å². The summed E-state index contributed by atoms with van der Waals surface area (Å²) in [6.07, 6.45) is -2.18. The van der Waals surface area contributed by atoms with E-state index in [9.17, 15) is 18.4 Å². The van der Waals surface area contributed by atoms with Crippen molar-refractivity contribution < 1.29 is 32.6 Å². The van der Waals surface area contributed by atoms with E-state index in [1.165, 1.54) is 21.0 Å². The maximum absolute atomic E-state index is 13.6. The number of benzene rings is 2. The molecule has 2 aromatic rings. The van der Waals surface area contributed by atoms with Crippen molar-refractivity contribution in [2.45, 2.75) is 26.1 Å². The molecule has 2 aromatic carbocycles. The molecule has 0 aliphatic rings. The number of hydrogen-bond acceptors (Lipinski definition) is 5. The third kappa shape index (κ3) is 5.67.